The van der Waals surface area contributed by atoms with Crippen LogP contribution >= 0.6 is 0 Å². The second-order valence-corrected chi connectivity index (χ2v) is 7.22. The molecule has 2 aliphatic heterocycles. The Labute approximate surface area is 142 Å². The maximum Gasteiger partial charge on any atom is 0.311 e. The second kappa shape index (κ2) is 6.67. The highest BCUT2D eigenvalue weighted by Gasteiger charge is 2.43. The summed E-state index contributed by atoms with van der Waals surface area (Å²) in [5.41, 5.74) is 1.10. The van der Waals surface area contributed by atoms with E-state index in [1.165, 1.54) is 0 Å². The van der Waals surface area contributed by atoms with Crippen LogP contribution in [0.15, 0.2) is 42.5 Å². The van der Waals surface area contributed by atoms with E-state index in [0.717, 1.165) is 11.1 Å². The van der Waals surface area contributed by atoms with Gasteiger partial charge in [0.05, 0.1) is 18.6 Å². The van der Waals surface area contributed by atoms with Crippen molar-refractivity contribution in [3.63, 3.8) is 0 Å². The van der Waals surface area contributed by atoms with Crippen molar-refractivity contribution in [2.24, 2.45) is 5.41 Å². The molecule has 5 nitrogen and oxygen atoms in total. The smallest absolute Gasteiger partial charge is 0.311 e. The van der Waals surface area contributed by atoms with Crippen molar-refractivity contribution in [2.75, 3.05) is 13.2 Å². The minimum Gasteiger partial charge on any atom is -0.455 e. The highest BCUT2D eigenvalue weighted by atomic mass is 16.7. The van der Waals surface area contributed by atoms with Gasteiger partial charge in [-0.1, -0.05) is 36.9 Å². The van der Waals surface area contributed by atoms with E-state index >= 15 is 0 Å². The van der Waals surface area contributed by atoms with E-state index in [-0.39, 0.29) is 24.8 Å². The fourth-order valence-corrected chi connectivity index (χ4v) is 2.69. The third kappa shape index (κ3) is 3.53. The van der Waals surface area contributed by atoms with Gasteiger partial charge in [-0.2, -0.15) is 0 Å². The lowest BCUT2D eigenvalue weighted by Crippen LogP contribution is -2.52. The lowest BCUT2D eigenvalue weighted by atomic mass is 9.95. The number of rotatable bonds is 2. The molecule has 2 saturated heterocycles. The summed E-state index contributed by atoms with van der Waals surface area (Å²) in [5, 5.41) is 0. The molecule has 1 aromatic rings. The molecule has 0 aliphatic carbocycles. The minimum absolute atomic E-state index is 0.220. The molecule has 0 saturated carbocycles. The molecule has 1 aromatic carbocycles. The van der Waals surface area contributed by atoms with Gasteiger partial charge in [0.1, 0.15) is 18.3 Å². The quantitative estimate of drug-likeness (QED) is 0.615. The molecule has 24 heavy (non-hydrogen) atoms. The Hall–Kier alpha value is -1.69. The van der Waals surface area contributed by atoms with Crippen LogP contribution in [-0.2, 0) is 23.7 Å². The van der Waals surface area contributed by atoms with E-state index in [1.54, 1.807) is 0 Å². The Morgan fingerprint density at radius 2 is 1.88 bits per heavy atom. The van der Waals surface area contributed by atoms with Crippen molar-refractivity contribution in [3.05, 3.63) is 48.0 Å². The standard InChI is InChI=1S/C19H24O5/c1-12-14(23-18(20)19(2,3)4)10-21-15-11-22-17(24-16(12)15)13-8-6-5-7-9-13/h5-9,14-17H,1,10-11H2,2-4H3/t14-,15+,16-,17+/m0/s1. The molecule has 0 aromatic heterocycles. The van der Waals surface area contributed by atoms with E-state index in [2.05, 4.69) is 6.58 Å². The molecule has 130 valence electrons. The first kappa shape index (κ1) is 17.1. The van der Waals surface area contributed by atoms with Crippen molar-refractivity contribution < 1.29 is 23.7 Å². The predicted molar refractivity (Wildman–Crippen MR) is 88.2 cm³/mol. The highest BCUT2D eigenvalue weighted by Crippen LogP contribution is 2.35. The van der Waals surface area contributed by atoms with Gasteiger partial charge in [0.2, 0.25) is 0 Å². The van der Waals surface area contributed by atoms with Gasteiger partial charge in [0, 0.05) is 5.56 Å². The van der Waals surface area contributed by atoms with Crippen molar-refractivity contribution in [1.82, 2.24) is 0 Å². The van der Waals surface area contributed by atoms with Crippen LogP contribution in [0.1, 0.15) is 32.6 Å². The predicted octanol–water partition coefficient (Wildman–Crippen LogP) is 3.01. The fourth-order valence-electron chi connectivity index (χ4n) is 2.69. The first-order valence-electron chi connectivity index (χ1n) is 8.19. The van der Waals surface area contributed by atoms with E-state index in [1.807, 2.05) is 51.1 Å². The number of carbonyl (C=O) groups is 1. The number of esters is 1. The summed E-state index contributed by atoms with van der Waals surface area (Å²) in [6.07, 6.45) is -1.53. The van der Waals surface area contributed by atoms with E-state index in [4.69, 9.17) is 18.9 Å². The molecule has 0 amide bonds. The zero-order chi connectivity index (χ0) is 17.3. The third-order valence-electron chi connectivity index (χ3n) is 4.19. The van der Waals surface area contributed by atoms with Gasteiger partial charge in [-0.25, -0.2) is 0 Å². The van der Waals surface area contributed by atoms with Crippen LogP contribution in [0.4, 0.5) is 0 Å². The van der Waals surface area contributed by atoms with Crippen LogP contribution < -0.4 is 0 Å². The Balaban J connectivity index is 1.69. The van der Waals surface area contributed by atoms with Gasteiger partial charge < -0.3 is 18.9 Å². The van der Waals surface area contributed by atoms with Gasteiger partial charge >= 0.3 is 5.97 Å². The number of fused-ring (bicyclic) bond motifs is 1. The van der Waals surface area contributed by atoms with Crippen molar-refractivity contribution >= 4 is 5.97 Å². The Bertz CT molecular complexity index is 604. The van der Waals surface area contributed by atoms with Crippen molar-refractivity contribution in [3.8, 4) is 0 Å². The molecule has 2 heterocycles. The average molecular weight is 332 g/mol. The maximum absolute atomic E-state index is 12.1. The number of carbonyl (C=O) groups excluding carboxylic acids is 1. The Kier molecular flexibility index (Phi) is 4.76. The molecular weight excluding hydrogens is 308 g/mol. The summed E-state index contributed by atoms with van der Waals surface area (Å²) in [7, 11) is 0. The molecule has 5 heteroatoms. The molecule has 0 N–H and O–H groups in total. The van der Waals surface area contributed by atoms with Gasteiger partial charge in [0.25, 0.3) is 0 Å². The molecule has 4 atom stereocenters. The fraction of sp³-hybridized carbons (Fsp3) is 0.526. The van der Waals surface area contributed by atoms with E-state index in [0.29, 0.717) is 6.61 Å². The topological polar surface area (TPSA) is 54.0 Å². The summed E-state index contributed by atoms with van der Waals surface area (Å²) < 4.78 is 23.2. The summed E-state index contributed by atoms with van der Waals surface area (Å²) in [6.45, 7) is 10.3. The van der Waals surface area contributed by atoms with Crippen molar-refractivity contribution in [1.29, 1.82) is 0 Å². The zero-order valence-corrected chi connectivity index (χ0v) is 14.4. The molecule has 2 fully saturated rings. The lowest BCUT2D eigenvalue weighted by molar-refractivity contribution is -0.272. The van der Waals surface area contributed by atoms with Gasteiger partial charge in [0.15, 0.2) is 6.29 Å². The summed E-state index contributed by atoms with van der Waals surface area (Å²) >= 11 is 0. The molecule has 0 radical (unpaired) electrons. The number of ether oxygens (including phenoxy) is 4. The Morgan fingerprint density at radius 1 is 1.17 bits per heavy atom. The van der Waals surface area contributed by atoms with Crippen LogP contribution in [0.2, 0.25) is 0 Å². The van der Waals surface area contributed by atoms with Crippen molar-refractivity contribution in [2.45, 2.75) is 45.4 Å². The minimum atomic E-state index is -0.569. The van der Waals surface area contributed by atoms with Gasteiger partial charge in [-0.05, 0) is 26.3 Å². The number of hydrogen-bond donors (Lipinski definition) is 0. The SMILES string of the molecule is C=C1[C@@H](OC(=O)C(C)(C)C)CO[C@@H]2CO[C@@H](c3ccccc3)O[C@@H]12. The molecule has 3 rings (SSSR count). The first-order valence-corrected chi connectivity index (χ1v) is 8.19. The molecule has 2 aliphatic rings. The monoisotopic (exact) mass is 332 g/mol. The van der Waals surface area contributed by atoms with Crippen LogP contribution in [0, 0.1) is 5.41 Å². The average Bonchev–Trinajstić information content (AvgIpc) is 2.57. The van der Waals surface area contributed by atoms with Crippen LogP contribution in [-0.4, -0.2) is 37.5 Å². The van der Waals surface area contributed by atoms with Crippen LogP contribution in [0.3, 0.4) is 0 Å². The van der Waals surface area contributed by atoms with Gasteiger partial charge in [-0.15, -0.1) is 0 Å². The number of hydrogen-bond acceptors (Lipinski definition) is 5. The number of benzene rings is 1. The first-order chi connectivity index (χ1) is 11.4. The van der Waals surface area contributed by atoms with Crippen LogP contribution in [0.25, 0.3) is 0 Å². The zero-order valence-electron chi connectivity index (χ0n) is 14.4. The molecule has 0 bridgehead atoms. The lowest BCUT2D eigenvalue weighted by Gasteiger charge is -2.43. The van der Waals surface area contributed by atoms with Gasteiger partial charge in [-0.3, -0.25) is 4.79 Å². The normalized spacial score (nSPS) is 30.5. The summed E-state index contributed by atoms with van der Waals surface area (Å²) in [6, 6.07) is 9.73. The van der Waals surface area contributed by atoms with Crippen LogP contribution in [0.5, 0.6) is 0 Å². The molecule has 0 unspecified atom stereocenters. The summed E-state index contributed by atoms with van der Waals surface area (Å²) in [4.78, 5) is 12.1. The largest absolute Gasteiger partial charge is 0.455 e. The maximum atomic E-state index is 12.1. The molecule has 0 spiro atoms. The van der Waals surface area contributed by atoms with E-state index < -0.39 is 17.8 Å². The second-order valence-electron chi connectivity index (χ2n) is 7.22. The summed E-state index contributed by atoms with van der Waals surface area (Å²) in [5.74, 6) is -0.276. The van der Waals surface area contributed by atoms with E-state index in [9.17, 15) is 4.79 Å². The Morgan fingerprint density at radius 3 is 2.54 bits per heavy atom. The molecular formula is C19H24O5. The highest BCUT2D eigenvalue weighted by molar-refractivity contribution is 5.75. The third-order valence-corrected chi connectivity index (χ3v) is 4.19.